The molecule has 60 valence electrons. The number of rotatable bonds is 1. The molecule has 11 heavy (non-hydrogen) atoms. The summed E-state index contributed by atoms with van der Waals surface area (Å²) in [5, 5.41) is 0. The Labute approximate surface area is 74.3 Å². The van der Waals surface area contributed by atoms with Gasteiger partial charge < -0.3 is 9.30 Å². The maximum atomic E-state index is 5.29. The standard InChI is InChI=1S/C8H10BrNO/c9-8-2-1-4-10(8)7-3-5-11-6-7/h1-2,4,7H,3,5-6H2. The number of hydrogen-bond acceptors (Lipinski definition) is 1. The van der Waals surface area contributed by atoms with Gasteiger partial charge in [0.15, 0.2) is 0 Å². The summed E-state index contributed by atoms with van der Waals surface area (Å²) in [6.45, 7) is 1.75. The van der Waals surface area contributed by atoms with Crippen molar-refractivity contribution in [3.8, 4) is 0 Å². The predicted molar refractivity (Wildman–Crippen MR) is 46.6 cm³/mol. The molecule has 1 aromatic rings. The van der Waals surface area contributed by atoms with Crippen molar-refractivity contribution in [2.24, 2.45) is 0 Å². The molecule has 1 saturated heterocycles. The number of ether oxygens (including phenoxy) is 1. The van der Waals surface area contributed by atoms with E-state index < -0.39 is 0 Å². The molecule has 0 spiro atoms. The highest BCUT2D eigenvalue weighted by Crippen LogP contribution is 2.23. The highest BCUT2D eigenvalue weighted by atomic mass is 79.9. The molecule has 1 unspecified atom stereocenters. The quantitative estimate of drug-likeness (QED) is 0.701. The molecular formula is C8H10BrNO. The highest BCUT2D eigenvalue weighted by Gasteiger charge is 2.17. The molecule has 0 amide bonds. The van der Waals surface area contributed by atoms with E-state index in [1.165, 1.54) is 0 Å². The van der Waals surface area contributed by atoms with Gasteiger partial charge in [0.2, 0.25) is 0 Å². The molecule has 2 rings (SSSR count). The van der Waals surface area contributed by atoms with Crippen LogP contribution in [0.3, 0.4) is 0 Å². The van der Waals surface area contributed by atoms with Crippen molar-refractivity contribution in [3.63, 3.8) is 0 Å². The van der Waals surface area contributed by atoms with Crippen molar-refractivity contribution in [2.75, 3.05) is 13.2 Å². The van der Waals surface area contributed by atoms with Crippen molar-refractivity contribution < 1.29 is 4.74 Å². The third-order valence-electron chi connectivity index (χ3n) is 2.03. The summed E-state index contributed by atoms with van der Waals surface area (Å²) >= 11 is 3.48. The zero-order chi connectivity index (χ0) is 7.68. The first kappa shape index (κ1) is 7.37. The van der Waals surface area contributed by atoms with Crippen LogP contribution >= 0.6 is 15.9 Å². The summed E-state index contributed by atoms with van der Waals surface area (Å²) in [6.07, 6.45) is 3.22. The van der Waals surface area contributed by atoms with E-state index in [2.05, 4.69) is 32.8 Å². The SMILES string of the molecule is Brc1cccn1C1CCOC1. The Morgan fingerprint density at radius 3 is 3.09 bits per heavy atom. The molecule has 2 nitrogen and oxygen atoms in total. The molecular weight excluding hydrogens is 206 g/mol. The highest BCUT2D eigenvalue weighted by molar-refractivity contribution is 9.10. The van der Waals surface area contributed by atoms with Crippen LogP contribution in [0.15, 0.2) is 22.9 Å². The van der Waals surface area contributed by atoms with Crippen LogP contribution in [0.5, 0.6) is 0 Å². The number of halogens is 1. The van der Waals surface area contributed by atoms with Gasteiger partial charge in [0, 0.05) is 12.8 Å². The average molecular weight is 216 g/mol. The molecule has 1 aliphatic rings. The summed E-state index contributed by atoms with van der Waals surface area (Å²) in [7, 11) is 0. The van der Waals surface area contributed by atoms with E-state index in [0.717, 1.165) is 24.2 Å². The molecule has 0 N–H and O–H groups in total. The fraction of sp³-hybridized carbons (Fsp3) is 0.500. The van der Waals surface area contributed by atoms with E-state index in [1.807, 2.05) is 6.07 Å². The Morgan fingerprint density at radius 1 is 1.64 bits per heavy atom. The lowest BCUT2D eigenvalue weighted by atomic mass is 10.3. The first-order valence-corrected chi connectivity index (χ1v) is 4.57. The minimum absolute atomic E-state index is 0.541. The van der Waals surface area contributed by atoms with E-state index >= 15 is 0 Å². The molecule has 1 atom stereocenters. The molecule has 1 aliphatic heterocycles. The van der Waals surface area contributed by atoms with Crippen LogP contribution in [0.25, 0.3) is 0 Å². The zero-order valence-corrected chi connectivity index (χ0v) is 7.75. The van der Waals surface area contributed by atoms with Gasteiger partial charge in [0.25, 0.3) is 0 Å². The maximum absolute atomic E-state index is 5.29. The second-order valence-electron chi connectivity index (χ2n) is 2.76. The van der Waals surface area contributed by atoms with Gasteiger partial charge in [0.05, 0.1) is 17.3 Å². The van der Waals surface area contributed by atoms with Crippen LogP contribution in [0.2, 0.25) is 0 Å². The monoisotopic (exact) mass is 215 g/mol. The molecule has 0 radical (unpaired) electrons. The van der Waals surface area contributed by atoms with E-state index in [-0.39, 0.29) is 0 Å². The summed E-state index contributed by atoms with van der Waals surface area (Å²) in [6, 6.07) is 4.64. The maximum Gasteiger partial charge on any atom is 0.0849 e. The van der Waals surface area contributed by atoms with E-state index in [0.29, 0.717) is 6.04 Å². The van der Waals surface area contributed by atoms with Crippen molar-refractivity contribution >= 4 is 15.9 Å². The smallest absolute Gasteiger partial charge is 0.0849 e. The van der Waals surface area contributed by atoms with Gasteiger partial charge >= 0.3 is 0 Å². The van der Waals surface area contributed by atoms with Gasteiger partial charge in [-0.05, 0) is 34.5 Å². The molecule has 1 aromatic heterocycles. The van der Waals surface area contributed by atoms with Crippen LogP contribution in [0, 0.1) is 0 Å². The summed E-state index contributed by atoms with van der Waals surface area (Å²) in [5.74, 6) is 0. The van der Waals surface area contributed by atoms with Gasteiger partial charge in [-0.25, -0.2) is 0 Å². The Bertz CT molecular complexity index is 240. The number of aromatic nitrogens is 1. The van der Waals surface area contributed by atoms with Crippen LogP contribution in [-0.2, 0) is 4.74 Å². The van der Waals surface area contributed by atoms with Gasteiger partial charge in [0.1, 0.15) is 0 Å². The lowest BCUT2D eigenvalue weighted by Crippen LogP contribution is -2.06. The van der Waals surface area contributed by atoms with Crippen molar-refractivity contribution in [2.45, 2.75) is 12.5 Å². The minimum atomic E-state index is 0.541. The number of hydrogen-bond donors (Lipinski definition) is 0. The van der Waals surface area contributed by atoms with E-state index in [1.54, 1.807) is 0 Å². The first-order chi connectivity index (χ1) is 5.38. The van der Waals surface area contributed by atoms with Crippen LogP contribution < -0.4 is 0 Å². The fourth-order valence-corrected chi connectivity index (χ4v) is 1.97. The summed E-state index contributed by atoms with van der Waals surface area (Å²) in [5.41, 5.74) is 0. The van der Waals surface area contributed by atoms with Crippen LogP contribution in [0.1, 0.15) is 12.5 Å². The van der Waals surface area contributed by atoms with E-state index in [4.69, 9.17) is 4.74 Å². The second kappa shape index (κ2) is 2.99. The van der Waals surface area contributed by atoms with Crippen molar-refractivity contribution in [1.29, 1.82) is 0 Å². The average Bonchev–Trinajstić information content (AvgIpc) is 2.55. The summed E-state index contributed by atoms with van der Waals surface area (Å²) in [4.78, 5) is 0. The van der Waals surface area contributed by atoms with Gasteiger partial charge in [-0.3, -0.25) is 0 Å². The topological polar surface area (TPSA) is 14.2 Å². The largest absolute Gasteiger partial charge is 0.379 e. The lowest BCUT2D eigenvalue weighted by Gasteiger charge is -2.10. The Balaban J connectivity index is 2.21. The van der Waals surface area contributed by atoms with Crippen molar-refractivity contribution in [1.82, 2.24) is 4.57 Å². The third-order valence-corrected chi connectivity index (χ3v) is 2.70. The molecule has 1 fully saturated rings. The van der Waals surface area contributed by atoms with Gasteiger partial charge in [-0.2, -0.15) is 0 Å². The number of nitrogens with zero attached hydrogens (tertiary/aromatic N) is 1. The van der Waals surface area contributed by atoms with E-state index in [9.17, 15) is 0 Å². The summed E-state index contributed by atoms with van der Waals surface area (Å²) < 4.78 is 8.66. The fourth-order valence-electron chi connectivity index (χ4n) is 1.41. The Morgan fingerprint density at radius 2 is 2.55 bits per heavy atom. The molecule has 0 saturated carbocycles. The first-order valence-electron chi connectivity index (χ1n) is 3.78. The lowest BCUT2D eigenvalue weighted by molar-refractivity contribution is 0.186. The molecule has 0 aliphatic carbocycles. The van der Waals surface area contributed by atoms with Crippen molar-refractivity contribution in [3.05, 3.63) is 22.9 Å². The molecule has 0 aromatic carbocycles. The Kier molecular flexibility index (Phi) is 2.00. The van der Waals surface area contributed by atoms with Crippen LogP contribution in [-0.4, -0.2) is 17.8 Å². The normalized spacial score (nSPS) is 24.3. The second-order valence-corrected chi connectivity index (χ2v) is 3.57. The predicted octanol–water partition coefficient (Wildman–Crippen LogP) is 2.21. The molecule has 0 bridgehead atoms. The Hall–Kier alpha value is -0.280. The molecule has 2 heterocycles. The zero-order valence-electron chi connectivity index (χ0n) is 6.16. The van der Waals surface area contributed by atoms with Gasteiger partial charge in [-0.15, -0.1) is 0 Å². The molecule has 3 heteroatoms. The minimum Gasteiger partial charge on any atom is -0.379 e. The van der Waals surface area contributed by atoms with Crippen LogP contribution in [0.4, 0.5) is 0 Å². The third kappa shape index (κ3) is 1.35. The van der Waals surface area contributed by atoms with Gasteiger partial charge in [-0.1, -0.05) is 0 Å².